The zero-order valence-electron chi connectivity index (χ0n) is 8.95. The van der Waals surface area contributed by atoms with Crippen LogP contribution in [0.15, 0.2) is 24.3 Å². The van der Waals surface area contributed by atoms with E-state index in [-0.39, 0.29) is 24.2 Å². The number of amides is 1. The minimum Gasteiger partial charge on any atom is -0.353 e. The van der Waals surface area contributed by atoms with E-state index < -0.39 is 0 Å². The molecule has 1 aliphatic rings. The molecular formula is C12H15FN2O. The number of rotatable bonds is 4. The van der Waals surface area contributed by atoms with Crippen LogP contribution in [0.4, 0.5) is 4.39 Å². The van der Waals surface area contributed by atoms with Crippen LogP contribution >= 0.6 is 0 Å². The highest BCUT2D eigenvalue weighted by molar-refractivity contribution is 5.77. The molecular weight excluding hydrogens is 207 g/mol. The second-order valence-corrected chi connectivity index (χ2v) is 4.20. The fraction of sp³-hybridized carbons (Fsp3) is 0.417. The summed E-state index contributed by atoms with van der Waals surface area (Å²) in [6, 6.07) is 5.93. The van der Waals surface area contributed by atoms with E-state index in [1.807, 2.05) is 0 Å². The van der Waals surface area contributed by atoms with Crippen molar-refractivity contribution in [3.8, 4) is 0 Å². The molecule has 1 saturated carbocycles. The van der Waals surface area contributed by atoms with Crippen molar-refractivity contribution < 1.29 is 9.18 Å². The highest BCUT2D eigenvalue weighted by Gasteiger charge is 2.24. The van der Waals surface area contributed by atoms with E-state index >= 15 is 0 Å². The summed E-state index contributed by atoms with van der Waals surface area (Å²) in [7, 11) is 0. The standard InChI is InChI=1S/C12H15FN2O/c13-9-3-1-8(2-4-9)11(14)7-12(16)15-10-5-6-10/h1-4,10-11H,5-7,14H2,(H,15,16). The van der Waals surface area contributed by atoms with Crippen molar-refractivity contribution in [1.82, 2.24) is 5.32 Å². The van der Waals surface area contributed by atoms with Crippen LogP contribution in [-0.2, 0) is 4.79 Å². The van der Waals surface area contributed by atoms with Gasteiger partial charge in [0, 0.05) is 18.5 Å². The Balaban J connectivity index is 1.88. The maximum absolute atomic E-state index is 12.7. The fourth-order valence-electron chi connectivity index (χ4n) is 1.54. The molecule has 0 saturated heterocycles. The predicted octanol–water partition coefficient (Wildman–Crippen LogP) is 1.49. The molecule has 0 aliphatic heterocycles. The molecule has 1 fully saturated rings. The van der Waals surface area contributed by atoms with Crippen molar-refractivity contribution in [3.05, 3.63) is 35.6 Å². The van der Waals surface area contributed by atoms with Crippen LogP contribution < -0.4 is 11.1 Å². The first-order valence-corrected chi connectivity index (χ1v) is 5.45. The van der Waals surface area contributed by atoms with Crippen molar-refractivity contribution in [2.75, 3.05) is 0 Å². The number of hydrogen-bond donors (Lipinski definition) is 2. The summed E-state index contributed by atoms with van der Waals surface area (Å²) < 4.78 is 12.7. The quantitative estimate of drug-likeness (QED) is 0.811. The van der Waals surface area contributed by atoms with Gasteiger partial charge in [0.05, 0.1) is 0 Å². The fourth-order valence-corrected chi connectivity index (χ4v) is 1.54. The van der Waals surface area contributed by atoms with E-state index in [2.05, 4.69) is 5.32 Å². The highest BCUT2D eigenvalue weighted by Crippen LogP contribution is 2.20. The summed E-state index contributed by atoms with van der Waals surface area (Å²) in [5.74, 6) is -0.322. The molecule has 0 spiro atoms. The van der Waals surface area contributed by atoms with Crippen LogP contribution in [0.3, 0.4) is 0 Å². The third-order valence-corrected chi connectivity index (χ3v) is 2.65. The van der Waals surface area contributed by atoms with Crippen molar-refractivity contribution in [2.45, 2.75) is 31.3 Å². The van der Waals surface area contributed by atoms with Crippen molar-refractivity contribution in [2.24, 2.45) is 5.73 Å². The number of halogens is 1. The van der Waals surface area contributed by atoms with E-state index in [1.54, 1.807) is 12.1 Å². The molecule has 0 radical (unpaired) electrons. The SMILES string of the molecule is NC(CC(=O)NC1CC1)c1ccc(F)cc1. The van der Waals surface area contributed by atoms with Gasteiger partial charge in [-0.15, -0.1) is 0 Å². The maximum atomic E-state index is 12.7. The molecule has 2 rings (SSSR count). The van der Waals surface area contributed by atoms with Gasteiger partial charge in [-0.25, -0.2) is 4.39 Å². The Labute approximate surface area is 93.8 Å². The molecule has 0 bridgehead atoms. The lowest BCUT2D eigenvalue weighted by molar-refractivity contribution is -0.121. The van der Waals surface area contributed by atoms with Crippen LogP contribution in [0.5, 0.6) is 0 Å². The zero-order valence-corrected chi connectivity index (χ0v) is 8.95. The Kier molecular flexibility index (Phi) is 3.19. The third kappa shape index (κ3) is 3.03. The van der Waals surface area contributed by atoms with Crippen LogP contribution in [0, 0.1) is 5.82 Å². The lowest BCUT2D eigenvalue weighted by atomic mass is 10.0. The summed E-state index contributed by atoms with van der Waals surface area (Å²) in [6.45, 7) is 0. The minimum atomic E-state index is -0.362. The molecule has 0 aromatic heterocycles. The van der Waals surface area contributed by atoms with Crippen LogP contribution in [0.1, 0.15) is 30.9 Å². The molecule has 1 atom stereocenters. The molecule has 1 aromatic carbocycles. The van der Waals surface area contributed by atoms with Gasteiger partial charge in [0.2, 0.25) is 5.91 Å². The van der Waals surface area contributed by atoms with Crippen LogP contribution in [-0.4, -0.2) is 11.9 Å². The topological polar surface area (TPSA) is 55.1 Å². The summed E-state index contributed by atoms with van der Waals surface area (Å²) in [6.07, 6.45) is 2.39. The average molecular weight is 222 g/mol. The minimum absolute atomic E-state index is 0.0284. The highest BCUT2D eigenvalue weighted by atomic mass is 19.1. The van der Waals surface area contributed by atoms with E-state index in [0.29, 0.717) is 6.04 Å². The second kappa shape index (κ2) is 4.61. The van der Waals surface area contributed by atoms with Crippen molar-refractivity contribution >= 4 is 5.91 Å². The average Bonchev–Trinajstić information content (AvgIpc) is 3.02. The molecule has 0 heterocycles. The Morgan fingerprint density at radius 1 is 1.44 bits per heavy atom. The number of nitrogens with two attached hydrogens (primary N) is 1. The molecule has 1 aromatic rings. The Hall–Kier alpha value is -1.42. The van der Waals surface area contributed by atoms with Gasteiger partial charge in [0.1, 0.15) is 5.82 Å². The van der Waals surface area contributed by atoms with E-state index in [0.717, 1.165) is 18.4 Å². The first-order valence-electron chi connectivity index (χ1n) is 5.45. The Bertz CT molecular complexity index is 373. The molecule has 3 N–H and O–H groups in total. The largest absolute Gasteiger partial charge is 0.353 e. The Morgan fingerprint density at radius 3 is 2.62 bits per heavy atom. The van der Waals surface area contributed by atoms with Gasteiger partial charge in [0.25, 0.3) is 0 Å². The zero-order chi connectivity index (χ0) is 11.5. The number of hydrogen-bond acceptors (Lipinski definition) is 2. The third-order valence-electron chi connectivity index (χ3n) is 2.65. The lowest BCUT2D eigenvalue weighted by Gasteiger charge is -2.11. The molecule has 3 nitrogen and oxygen atoms in total. The monoisotopic (exact) mass is 222 g/mol. The van der Waals surface area contributed by atoms with Gasteiger partial charge in [-0.1, -0.05) is 12.1 Å². The van der Waals surface area contributed by atoms with E-state index in [4.69, 9.17) is 5.73 Å². The van der Waals surface area contributed by atoms with E-state index in [1.165, 1.54) is 12.1 Å². The maximum Gasteiger partial charge on any atom is 0.222 e. The first-order chi connectivity index (χ1) is 7.65. The molecule has 4 heteroatoms. The number of carbonyl (C=O) groups excluding carboxylic acids is 1. The Morgan fingerprint density at radius 2 is 2.06 bits per heavy atom. The lowest BCUT2D eigenvalue weighted by Crippen LogP contribution is -2.29. The molecule has 1 aliphatic carbocycles. The number of nitrogens with one attached hydrogen (secondary N) is 1. The number of carbonyl (C=O) groups is 1. The summed E-state index contributed by atoms with van der Waals surface area (Å²) in [5.41, 5.74) is 6.64. The van der Waals surface area contributed by atoms with Gasteiger partial charge < -0.3 is 11.1 Å². The van der Waals surface area contributed by atoms with Gasteiger partial charge in [-0.05, 0) is 30.5 Å². The van der Waals surface area contributed by atoms with Crippen LogP contribution in [0.2, 0.25) is 0 Å². The van der Waals surface area contributed by atoms with Gasteiger partial charge in [-0.3, -0.25) is 4.79 Å². The van der Waals surface area contributed by atoms with Gasteiger partial charge >= 0.3 is 0 Å². The number of benzene rings is 1. The first kappa shape index (κ1) is 11.1. The summed E-state index contributed by atoms with van der Waals surface area (Å²) >= 11 is 0. The second-order valence-electron chi connectivity index (χ2n) is 4.20. The summed E-state index contributed by atoms with van der Waals surface area (Å²) in [5, 5.41) is 2.87. The van der Waals surface area contributed by atoms with Crippen molar-refractivity contribution in [1.29, 1.82) is 0 Å². The smallest absolute Gasteiger partial charge is 0.222 e. The normalized spacial score (nSPS) is 16.9. The molecule has 86 valence electrons. The molecule has 16 heavy (non-hydrogen) atoms. The van der Waals surface area contributed by atoms with Crippen molar-refractivity contribution in [3.63, 3.8) is 0 Å². The predicted molar refractivity (Wildman–Crippen MR) is 59.1 cm³/mol. The molecule has 1 amide bonds. The molecule has 1 unspecified atom stereocenters. The summed E-state index contributed by atoms with van der Waals surface area (Å²) in [4.78, 5) is 11.5. The van der Waals surface area contributed by atoms with Gasteiger partial charge in [-0.2, -0.15) is 0 Å². The van der Waals surface area contributed by atoms with Crippen LogP contribution in [0.25, 0.3) is 0 Å². The van der Waals surface area contributed by atoms with E-state index in [9.17, 15) is 9.18 Å². The van der Waals surface area contributed by atoms with Gasteiger partial charge in [0.15, 0.2) is 0 Å².